The summed E-state index contributed by atoms with van der Waals surface area (Å²) in [5.41, 5.74) is 0.880. The van der Waals surface area contributed by atoms with Gasteiger partial charge in [-0.15, -0.1) is 17.9 Å². The summed E-state index contributed by atoms with van der Waals surface area (Å²) >= 11 is 1.07. The molecular weight excluding hydrogens is 470 g/mol. The molecule has 0 unspecified atom stereocenters. The van der Waals surface area contributed by atoms with E-state index in [9.17, 15) is 21.6 Å². The van der Waals surface area contributed by atoms with Gasteiger partial charge in [0.2, 0.25) is 15.9 Å². The van der Waals surface area contributed by atoms with Crippen LogP contribution in [0.15, 0.2) is 57.5 Å². The molecule has 3 rings (SSSR count). The van der Waals surface area contributed by atoms with Crippen LogP contribution in [-0.2, 0) is 24.8 Å². The summed E-state index contributed by atoms with van der Waals surface area (Å²) in [7, 11) is -7.51. The molecule has 174 valence electrons. The molecule has 2 aromatic rings. The molecule has 32 heavy (non-hydrogen) atoms. The highest BCUT2D eigenvalue weighted by Gasteiger charge is 2.29. The minimum absolute atomic E-state index is 0.0316. The van der Waals surface area contributed by atoms with Gasteiger partial charge in [0, 0.05) is 25.3 Å². The Morgan fingerprint density at radius 2 is 1.91 bits per heavy atom. The third-order valence-electron chi connectivity index (χ3n) is 5.15. The van der Waals surface area contributed by atoms with Gasteiger partial charge in [-0.3, -0.25) is 4.79 Å². The lowest BCUT2D eigenvalue weighted by Gasteiger charge is -2.26. The first-order valence-electron chi connectivity index (χ1n) is 10.2. The molecular formula is C21H27N3O5S3. The first-order chi connectivity index (χ1) is 15.2. The van der Waals surface area contributed by atoms with Gasteiger partial charge in [-0.2, -0.15) is 8.61 Å². The molecule has 0 aliphatic carbocycles. The maximum Gasteiger partial charge on any atom is 0.253 e. The summed E-state index contributed by atoms with van der Waals surface area (Å²) in [5.74, 6) is -0.572. The molecule has 0 atom stereocenters. The Morgan fingerprint density at radius 3 is 2.53 bits per heavy atom. The number of carbonyl (C=O) groups excluding carboxylic acids is 1. The number of anilines is 1. The van der Waals surface area contributed by atoms with E-state index in [0.717, 1.165) is 34.9 Å². The summed E-state index contributed by atoms with van der Waals surface area (Å²) in [6, 6.07) is 7.78. The van der Waals surface area contributed by atoms with Gasteiger partial charge in [0.15, 0.2) is 0 Å². The Kier molecular flexibility index (Phi) is 7.88. The predicted molar refractivity (Wildman–Crippen MR) is 126 cm³/mol. The van der Waals surface area contributed by atoms with E-state index in [4.69, 9.17) is 0 Å². The fraction of sp³-hybridized carbons (Fsp3) is 0.381. The lowest BCUT2D eigenvalue weighted by atomic mass is 10.2. The largest absolute Gasteiger partial charge is 0.325 e. The van der Waals surface area contributed by atoms with Crippen LogP contribution in [0.3, 0.4) is 0 Å². The lowest BCUT2D eigenvalue weighted by molar-refractivity contribution is -0.116. The smallest absolute Gasteiger partial charge is 0.253 e. The quantitative estimate of drug-likeness (QED) is 0.536. The highest BCUT2D eigenvalue weighted by molar-refractivity contribution is 7.91. The predicted octanol–water partition coefficient (Wildman–Crippen LogP) is 3.05. The molecule has 11 heteroatoms. The molecule has 1 amide bonds. The number of amides is 1. The van der Waals surface area contributed by atoms with Crippen LogP contribution in [0.5, 0.6) is 0 Å². The number of hydrogen-bond donors (Lipinski definition) is 1. The van der Waals surface area contributed by atoms with Crippen LogP contribution in [-0.4, -0.2) is 57.5 Å². The molecule has 1 fully saturated rings. The zero-order valence-corrected chi connectivity index (χ0v) is 20.3. The van der Waals surface area contributed by atoms with Crippen LogP contribution < -0.4 is 5.32 Å². The number of aryl methyl sites for hydroxylation is 1. The third kappa shape index (κ3) is 5.46. The second-order valence-electron chi connectivity index (χ2n) is 7.51. The van der Waals surface area contributed by atoms with Gasteiger partial charge >= 0.3 is 0 Å². The van der Waals surface area contributed by atoms with Gasteiger partial charge in [0.25, 0.3) is 10.0 Å². The molecule has 0 spiro atoms. The summed E-state index contributed by atoms with van der Waals surface area (Å²) in [4.78, 5) is 12.8. The van der Waals surface area contributed by atoms with Crippen molar-refractivity contribution in [2.24, 2.45) is 0 Å². The van der Waals surface area contributed by atoms with Crippen LogP contribution in [0.25, 0.3) is 0 Å². The van der Waals surface area contributed by atoms with Gasteiger partial charge in [-0.1, -0.05) is 24.6 Å². The number of benzene rings is 1. The van der Waals surface area contributed by atoms with Crippen molar-refractivity contribution < 1.29 is 21.6 Å². The topological polar surface area (TPSA) is 104 Å². The second-order valence-corrected chi connectivity index (χ2v) is 12.5. The zero-order valence-electron chi connectivity index (χ0n) is 17.9. The standard InChI is InChI=1S/C21H27N3O5S3/c1-3-11-24(32(28,29)21-8-7-14-30-21)16-20(25)22-18-10-9-17(2)19(15-18)31(26,27)23-12-5-4-6-13-23/h3,7-10,14-15H,1,4-6,11-13,16H2,2H3,(H,22,25). The van der Waals surface area contributed by atoms with Crippen molar-refractivity contribution in [2.45, 2.75) is 35.3 Å². The van der Waals surface area contributed by atoms with Crippen molar-refractivity contribution in [1.82, 2.24) is 8.61 Å². The Bertz CT molecular complexity index is 1170. The van der Waals surface area contributed by atoms with E-state index in [-0.39, 0.29) is 15.6 Å². The molecule has 1 N–H and O–H groups in total. The van der Waals surface area contributed by atoms with E-state index in [1.54, 1.807) is 30.5 Å². The Balaban J connectivity index is 1.78. The van der Waals surface area contributed by atoms with E-state index in [1.165, 1.54) is 22.5 Å². The summed E-state index contributed by atoms with van der Waals surface area (Å²) < 4.78 is 54.4. The number of hydrogen-bond acceptors (Lipinski definition) is 6. The van der Waals surface area contributed by atoms with Crippen LogP contribution in [0.2, 0.25) is 0 Å². The SMILES string of the molecule is C=CCN(CC(=O)Nc1ccc(C)c(S(=O)(=O)N2CCCCC2)c1)S(=O)(=O)c1cccs1. The van der Waals surface area contributed by atoms with Gasteiger partial charge in [-0.25, -0.2) is 16.8 Å². The van der Waals surface area contributed by atoms with Gasteiger partial charge in [-0.05, 0) is 48.9 Å². The molecule has 0 bridgehead atoms. The molecule has 1 aliphatic heterocycles. The monoisotopic (exact) mass is 497 g/mol. The highest BCUT2D eigenvalue weighted by Crippen LogP contribution is 2.26. The number of rotatable bonds is 9. The van der Waals surface area contributed by atoms with Crippen molar-refractivity contribution in [3.05, 3.63) is 53.9 Å². The number of nitrogens with zero attached hydrogens (tertiary/aromatic N) is 2. The number of piperidine rings is 1. The van der Waals surface area contributed by atoms with E-state index in [0.29, 0.717) is 24.3 Å². The average molecular weight is 498 g/mol. The van der Waals surface area contributed by atoms with E-state index >= 15 is 0 Å². The summed E-state index contributed by atoms with van der Waals surface area (Å²) in [6.07, 6.45) is 4.07. The molecule has 0 radical (unpaired) electrons. The average Bonchev–Trinajstić information content (AvgIpc) is 3.31. The number of nitrogens with one attached hydrogen (secondary N) is 1. The van der Waals surface area contributed by atoms with Gasteiger partial charge in [0.05, 0.1) is 11.4 Å². The molecule has 1 aliphatic rings. The normalized spacial score (nSPS) is 15.6. The van der Waals surface area contributed by atoms with Crippen molar-refractivity contribution in [1.29, 1.82) is 0 Å². The lowest BCUT2D eigenvalue weighted by Crippen LogP contribution is -2.38. The fourth-order valence-electron chi connectivity index (χ4n) is 3.49. The van der Waals surface area contributed by atoms with Crippen LogP contribution in [0, 0.1) is 6.92 Å². The van der Waals surface area contributed by atoms with Crippen molar-refractivity contribution in [3.8, 4) is 0 Å². The highest BCUT2D eigenvalue weighted by atomic mass is 32.2. The van der Waals surface area contributed by atoms with E-state index in [2.05, 4.69) is 11.9 Å². The Morgan fingerprint density at radius 1 is 1.19 bits per heavy atom. The summed E-state index contributed by atoms with van der Waals surface area (Å²) in [6.45, 7) is 5.79. The molecule has 1 aromatic heterocycles. The number of carbonyl (C=O) groups is 1. The van der Waals surface area contributed by atoms with Crippen LogP contribution >= 0.6 is 11.3 Å². The first kappa shape index (κ1) is 24.6. The number of sulfonamides is 2. The maximum absolute atomic E-state index is 13.1. The summed E-state index contributed by atoms with van der Waals surface area (Å²) in [5, 5.41) is 4.28. The molecule has 1 saturated heterocycles. The number of thiophene rings is 1. The van der Waals surface area contributed by atoms with Gasteiger partial charge < -0.3 is 5.32 Å². The Labute approximate surface area is 193 Å². The van der Waals surface area contributed by atoms with E-state index in [1.807, 2.05) is 0 Å². The fourth-order valence-corrected chi connectivity index (χ4v) is 7.77. The molecule has 1 aromatic carbocycles. The van der Waals surface area contributed by atoms with Crippen molar-refractivity contribution >= 4 is 43.0 Å². The molecule has 2 heterocycles. The minimum atomic E-state index is -3.84. The van der Waals surface area contributed by atoms with E-state index < -0.39 is 32.5 Å². The maximum atomic E-state index is 13.1. The molecule has 0 saturated carbocycles. The third-order valence-corrected chi connectivity index (χ3v) is 10.4. The minimum Gasteiger partial charge on any atom is -0.325 e. The van der Waals surface area contributed by atoms with Crippen LogP contribution in [0.4, 0.5) is 5.69 Å². The Hall–Kier alpha value is -2.05. The van der Waals surface area contributed by atoms with Crippen molar-refractivity contribution in [3.63, 3.8) is 0 Å². The second kappa shape index (κ2) is 10.3. The van der Waals surface area contributed by atoms with Crippen molar-refractivity contribution in [2.75, 3.05) is 31.5 Å². The van der Waals surface area contributed by atoms with Crippen LogP contribution in [0.1, 0.15) is 24.8 Å². The van der Waals surface area contributed by atoms with Gasteiger partial charge in [0.1, 0.15) is 4.21 Å². The molecule has 8 nitrogen and oxygen atoms in total. The first-order valence-corrected chi connectivity index (χ1v) is 14.0. The zero-order chi connectivity index (χ0) is 23.4.